The summed E-state index contributed by atoms with van der Waals surface area (Å²) in [6, 6.07) is 17.0. The molecule has 0 radical (unpaired) electrons. The number of methoxy groups -OCH3 is 1. The quantitative estimate of drug-likeness (QED) is 0.760. The van der Waals surface area contributed by atoms with Gasteiger partial charge in [-0.1, -0.05) is 42.5 Å². The Morgan fingerprint density at radius 3 is 2.19 bits per heavy atom. The van der Waals surface area contributed by atoms with Gasteiger partial charge in [-0.15, -0.1) is 0 Å². The van der Waals surface area contributed by atoms with Gasteiger partial charge < -0.3 is 19.3 Å². The number of hydrogen-bond donors (Lipinski definition) is 0. The zero-order valence-electron chi connectivity index (χ0n) is 15.6. The van der Waals surface area contributed by atoms with Crippen LogP contribution < -0.4 is 9.64 Å². The Hall–Kier alpha value is -3.02. The Morgan fingerprint density at radius 1 is 0.926 bits per heavy atom. The molecule has 1 saturated heterocycles. The van der Waals surface area contributed by atoms with Gasteiger partial charge in [-0.05, 0) is 12.1 Å². The van der Waals surface area contributed by atoms with E-state index in [1.807, 2.05) is 42.5 Å². The highest BCUT2D eigenvalue weighted by Crippen LogP contribution is 2.29. The van der Waals surface area contributed by atoms with Crippen LogP contribution in [0.25, 0.3) is 0 Å². The van der Waals surface area contributed by atoms with E-state index in [2.05, 4.69) is 4.90 Å². The first-order valence-corrected chi connectivity index (χ1v) is 8.99. The number of hydrogen-bond acceptors (Lipinski definition) is 5. The third-order valence-electron chi connectivity index (χ3n) is 4.63. The molecule has 142 valence electrons. The van der Waals surface area contributed by atoms with Crippen molar-refractivity contribution < 1.29 is 19.1 Å². The van der Waals surface area contributed by atoms with Crippen molar-refractivity contribution in [3.8, 4) is 5.75 Å². The van der Waals surface area contributed by atoms with Gasteiger partial charge >= 0.3 is 5.97 Å². The van der Waals surface area contributed by atoms with Crippen LogP contribution >= 0.6 is 0 Å². The molecule has 6 heteroatoms. The maximum atomic E-state index is 13.0. The minimum atomic E-state index is -0.901. The molecular weight excluding hydrogens is 344 g/mol. The molecule has 0 unspecified atom stereocenters. The van der Waals surface area contributed by atoms with Gasteiger partial charge in [0.1, 0.15) is 5.75 Å². The first-order valence-electron chi connectivity index (χ1n) is 8.99. The first kappa shape index (κ1) is 18.8. The number of para-hydroxylation sites is 2. The molecular formula is C21H24N2O4. The molecule has 27 heavy (non-hydrogen) atoms. The van der Waals surface area contributed by atoms with Gasteiger partial charge in [0.25, 0.3) is 5.91 Å². The standard InChI is InChI=1S/C21H24N2O4/c1-16(24)27-20(17-8-4-3-5-9-17)21(25)23-14-12-22(13-15-23)18-10-6-7-11-19(18)26-2/h3-11,20H,12-15H2,1-2H3/t20-/m1/s1. The van der Waals surface area contributed by atoms with Crippen molar-refractivity contribution in [3.05, 3.63) is 60.2 Å². The normalized spacial score (nSPS) is 15.2. The van der Waals surface area contributed by atoms with Crippen LogP contribution in [0.4, 0.5) is 5.69 Å². The van der Waals surface area contributed by atoms with Crippen LogP contribution in [-0.4, -0.2) is 50.1 Å². The lowest BCUT2D eigenvalue weighted by atomic mass is 10.1. The Labute approximate surface area is 159 Å². The minimum Gasteiger partial charge on any atom is -0.495 e. The number of carbonyl (C=O) groups is 2. The molecule has 0 aliphatic carbocycles. The van der Waals surface area contributed by atoms with Gasteiger partial charge in [-0.3, -0.25) is 9.59 Å². The number of benzene rings is 2. The maximum absolute atomic E-state index is 13.0. The lowest BCUT2D eigenvalue weighted by Crippen LogP contribution is -2.50. The summed E-state index contributed by atoms with van der Waals surface area (Å²) in [6.07, 6.45) is -0.901. The Kier molecular flexibility index (Phi) is 5.96. The summed E-state index contributed by atoms with van der Waals surface area (Å²) in [5.74, 6) is 0.167. The number of nitrogens with zero attached hydrogens (tertiary/aromatic N) is 2. The molecule has 2 aromatic rings. The third-order valence-corrected chi connectivity index (χ3v) is 4.63. The van der Waals surface area contributed by atoms with Gasteiger partial charge in [-0.2, -0.15) is 0 Å². The van der Waals surface area contributed by atoms with Crippen molar-refractivity contribution in [1.82, 2.24) is 4.90 Å². The van der Waals surface area contributed by atoms with E-state index >= 15 is 0 Å². The van der Waals surface area contributed by atoms with E-state index in [-0.39, 0.29) is 5.91 Å². The summed E-state index contributed by atoms with van der Waals surface area (Å²) in [5, 5.41) is 0. The average molecular weight is 368 g/mol. The second kappa shape index (κ2) is 8.58. The molecule has 1 atom stereocenters. The number of carbonyl (C=O) groups excluding carboxylic acids is 2. The highest BCUT2D eigenvalue weighted by Gasteiger charge is 2.31. The van der Waals surface area contributed by atoms with Gasteiger partial charge in [0.2, 0.25) is 6.10 Å². The number of piperazine rings is 1. The van der Waals surface area contributed by atoms with Gasteiger partial charge in [-0.25, -0.2) is 0 Å². The fraction of sp³-hybridized carbons (Fsp3) is 0.333. The molecule has 1 heterocycles. The molecule has 1 amide bonds. The van der Waals surface area contributed by atoms with E-state index < -0.39 is 12.1 Å². The van der Waals surface area contributed by atoms with Gasteiger partial charge in [0.05, 0.1) is 12.8 Å². The van der Waals surface area contributed by atoms with Crippen LogP contribution in [0.1, 0.15) is 18.6 Å². The highest BCUT2D eigenvalue weighted by atomic mass is 16.5. The smallest absolute Gasteiger partial charge is 0.303 e. The molecule has 0 bridgehead atoms. The molecule has 0 saturated carbocycles. The van der Waals surface area contributed by atoms with E-state index in [1.54, 1.807) is 24.1 Å². The molecule has 0 N–H and O–H groups in total. The zero-order valence-corrected chi connectivity index (χ0v) is 15.6. The van der Waals surface area contributed by atoms with Crippen molar-refractivity contribution in [2.75, 3.05) is 38.2 Å². The molecule has 3 rings (SSSR count). The highest BCUT2D eigenvalue weighted by molar-refractivity contribution is 5.85. The fourth-order valence-corrected chi connectivity index (χ4v) is 3.28. The molecule has 0 aromatic heterocycles. The molecule has 1 aliphatic heterocycles. The van der Waals surface area contributed by atoms with Crippen LogP contribution in [0.3, 0.4) is 0 Å². The summed E-state index contributed by atoms with van der Waals surface area (Å²) in [5.41, 5.74) is 1.71. The topological polar surface area (TPSA) is 59.1 Å². The van der Waals surface area contributed by atoms with Gasteiger partial charge in [0, 0.05) is 38.7 Å². The third kappa shape index (κ3) is 4.39. The number of ether oxygens (including phenoxy) is 2. The lowest BCUT2D eigenvalue weighted by molar-refractivity contribution is -0.159. The summed E-state index contributed by atoms with van der Waals surface area (Å²) < 4.78 is 10.8. The number of rotatable bonds is 5. The number of esters is 1. The van der Waals surface area contributed by atoms with E-state index in [0.29, 0.717) is 31.7 Å². The minimum absolute atomic E-state index is 0.184. The zero-order chi connectivity index (χ0) is 19.2. The molecule has 2 aromatic carbocycles. The van der Waals surface area contributed by atoms with Gasteiger partial charge in [0.15, 0.2) is 0 Å². The van der Waals surface area contributed by atoms with Crippen LogP contribution in [0.5, 0.6) is 5.75 Å². The number of amides is 1. The van der Waals surface area contributed by atoms with Crippen LogP contribution in [0.15, 0.2) is 54.6 Å². The average Bonchev–Trinajstić information content (AvgIpc) is 2.72. The molecule has 1 fully saturated rings. The largest absolute Gasteiger partial charge is 0.495 e. The summed E-state index contributed by atoms with van der Waals surface area (Å²) in [6.45, 7) is 3.81. The summed E-state index contributed by atoms with van der Waals surface area (Å²) in [7, 11) is 1.65. The lowest BCUT2D eigenvalue weighted by Gasteiger charge is -2.37. The fourth-order valence-electron chi connectivity index (χ4n) is 3.28. The molecule has 0 spiro atoms. The number of anilines is 1. The van der Waals surface area contributed by atoms with E-state index in [0.717, 1.165) is 11.4 Å². The van der Waals surface area contributed by atoms with Crippen molar-refractivity contribution in [3.63, 3.8) is 0 Å². The maximum Gasteiger partial charge on any atom is 0.303 e. The summed E-state index contributed by atoms with van der Waals surface area (Å²) >= 11 is 0. The Balaban J connectivity index is 1.70. The molecule has 1 aliphatic rings. The second-order valence-electron chi connectivity index (χ2n) is 6.38. The second-order valence-corrected chi connectivity index (χ2v) is 6.38. The summed E-state index contributed by atoms with van der Waals surface area (Å²) in [4.78, 5) is 28.5. The molecule has 6 nitrogen and oxygen atoms in total. The monoisotopic (exact) mass is 368 g/mol. The van der Waals surface area contributed by atoms with Crippen molar-refractivity contribution >= 4 is 17.6 Å². The predicted molar refractivity (Wildman–Crippen MR) is 103 cm³/mol. The van der Waals surface area contributed by atoms with Crippen LogP contribution in [0, 0.1) is 0 Å². The van der Waals surface area contributed by atoms with Crippen LogP contribution in [0.2, 0.25) is 0 Å². The van der Waals surface area contributed by atoms with E-state index in [1.165, 1.54) is 6.92 Å². The first-order chi connectivity index (χ1) is 13.1. The Bertz CT molecular complexity index is 786. The van der Waals surface area contributed by atoms with Crippen molar-refractivity contribution in [1.29, 1.82) is 0 Å². The van der Waals surface area contributed by atoms with E-state index in [9.17, 15) is 9.59 Å². The van der Waals surface area contributed by atoms with E-state index in [4.69, 9.17) is 9.47 Å². The SMILES string of the molecule is COc1ccccc1N1CCN(C(=O)[C@H](OC(C)=O)c2ccccc2)CC1. The van der Waals surface area contributed by atoms with Crippen molar-refractivity contribution in [2.24, 2.45) is 0 Å². The van der Waals surface area contributed by atoms with Crippen LogP contribution in [-0.2, 0) is 14.3 Å². The Morgan fingerprint density at radius 2 is 1.56 bits per heavy atom. The van der Waals surface area contributed by atoms with Crippen molar-refractivity contribution in [2.45, 2.75) is 13.0 Å². The predicted octanol–water partition coefficient (Wildman–Crippen LogP) is 2.65.